The van der Waals surface area contributed by atoms with Crippen LogP contribution < -0.4 is 5.32 Å². The van der Waals surface area contributed by atoms with Crippen molar-refractivity contribution in [1.29, 1.82) is 0 Å². The highest BCUT2D eigenvalue weighted by Gasteiger charge is 2.30. The molecule has 100 valence electrons. The van der Waals surface area contributed by atoms with Crippen molar-refractivity contribution >= 4 is 16.9 Å². The molecule has 0 aliphatic carbocycles. The van der Waals surface area contributed by atoms with Crippen molar-refractivity contribution in [1.82, 2.24) is 10.2 Å². The third kappa shape index (κ3) is 4.88. The first-order valence-corrected chi connectivity index (χ1v) is 7.80. The van der Waals surface area contributed by atoms with Gasteiger partial charge in [0.05, 0.1) is 0 Å². The predicted octanol–water partition coefficient (Wildman–Crippen LogP) is 2.58. The smallest absolute Gasteiger partial charge is 0.157 e. The maximum absolute atomic E-state index is 4.65. The minimum atomic E-state index is 0.266. The van der Waals surface area contributed by atoms with Gasteiger partial charge < -0.3 is 10.2 Å². The average Bonchev–Trinajstić information content (AvgIpc) is 2.72. The van der Waals surface area contributed by atoms with Crippen molar-refractivity contribution in [3.05, 3.63) is 0 Å². The summed E-state index contributed by atoms with van der Waals surface area (Å²) in [6.07, 6.45) is 2.33. The molecule has 0 bridgehead atoms. The van der Waals surface area contributed by atoms with Crippen LogP contribution in [-0.2, 0) is 0 Å². The van der Waals surface area contributed by atoms with Crippen LogP contribution >= 0.6 is 11.8 Å². The molecule has 4 heteroatoms. The van der Waals surface area contributed by atoms with Crippen LogP contribution in [0.25, 0.3) is 0 Å². The fraction of sp³-hybridized carbons (Fsp3) is 0.923. The van der Waals surface area contributed by atoms with Crippen molar-refractivity contribution in [3.63, 3.8) is 0 Å². The lowest BCUT2D eigenvalue weighted by molar-refractivity contribution is 0.302. The molecule has 0 aromatic carbocycles. The minimum absolute atomic E-state index is 0.266. The molecule has 0 aromatic rings. The molecule has 1 aliphatic rings. The number of hydrogen-bond donors (Lipinski definition) is 1. The van der Waals surface area contributed by atoms with Crippen molar-refractivity contribution in [2.45, 2.75) is 46.1 Å². The Balaban J connectivity index is 2.22. The Labute approximate surface area is 110 Å². The monoisotopic (exact) mass is 257 g/mol. The lowest BCUT2D eigenvalue weighted by Crippen LogP contribution is -2.39. The first-order valence-electron chi connectivity index (χ1n) is 6.81. The molecule has 1 rings (SSSR count). The van der Waals surface area contributed by atoms with Crippen LogP contribution in [0.4, 0.5) is 0 Å². The molecular formula is C13H27N3S. The minimum Gasteiger partial charge on any atom is -0.359 e. The summed E-state index contributed by atoms with van der Waals surface area (Å²) in [7, 11) is 0. The van der Waals surface area contributed by atoms with E-state index < -0.39 is 0 Å². The number of thioether (sulfide) groups is 1. The van der Waals surface area contributed by atoms with Crippen LogP contribution in [0.5, 0.6) is 0 Å². The lowest BCUT2D eigenvalue weighted by Gasteiger charge is -2.20. The summed E-state index contributed by atoms with van der Waals surface area (Å²) in [5, 5.41) is 4.68. The summed E-state index contributed by atoms with van der Waals surface area (Å²) in [6, 6.07) is 0. The van der Waals surface area contributed by atoms with Gasteiger partial charge in [-0.25, -0.2) is 0 Å². The Kier molecular flexibility index (Phi) is 6.34. The Morgan fingerprint density at radius 1 is 1.35 bits per heavy atom. The molecule has 1 heterocycles. The number of rotatable bonds is 7. The fourth-order valence-corrected chi connectivity index (χ4v) is 3.08. The maximum atomic E-state index is 4.65. The van der Waals surface area contributed by atoms with Crippen LogP contribution in [0.15, 0.2) is 4.99 Å². The number of aliphatic imine (C=N–C) groups is 1. The maximum Gasteiger partial charge on any atom is 0.157 e. The third-order valence-electron chi connectivity index (χ3n) is 3.50. The Morgan fingerprint density at radius 3 is 2.59 bits per heavy atom. The highest BCUT2D eigenvalue weighted by molar-refractivity contribution is 8.14. The standard InChI is InChI=1S/C13H27N3S/c1-5-13(4)11-17-12(15-13)14-9-8-10-16(6-2)7-3/h5-11H2,1-4H3,(H,14,15). The van der Waals surface area contributed by atoms with E-state index >= 15 is 0 Å². The summed E-state index contributed by atoms with van der Waals surface area (Å²) < 4.78 is 0. The molecule has 1 atom stereocenters. The molecule has 1 saturated heterocycles. The van der Waals surface area contributed by atoms with Gasteiger partial charge in [0.25, 0.3) is 0 Å². The van der Waals surface area contributed by atoms with Gasteiger partial charge >= 0.3 is 0 Å². The van der Waals surface area contributed by atoms with E-state index in [9.17, 15) is 0 Å². The van der Waals surface area contributed by atoms with Gasteiger partial charge in [0.2, 0.25) is 0 Å². The van der Waals surface area contributed by atoms with Gasteiger partial charge in [0.1, 0.15) is 0 Å². The second kappa shape index (κ2) is 7.27. The molecule has 0 aromatic heterocycles. The quantitative estimate of drug-likeness (QED) is 0.710. The van der Waals surface area contributed by atoms with Crippen LogP contribution in [-0.4, -0.2) is 47.5 Å². The van der Waals surface area contributed by atoms with Gasteiger partial charge in [-0.2, -0.15) is 0 Å². The second-order valence-corrected chi connectivity index (χ2v) is 5.86. The molecule has 1 N–H and O–H groups in total. The highest BCUT2D eigenvalue weighted by Crippen LogP contribution is 2.25. The summed E-state index contributed by atoms with van der Waals surface area (Å²) in [4.78, 5) is 7.10. The van der Waals surface area contributed by atoms with E-state index in [0.717, 1.165) is 37.0 Å². The first kappa shape index (κ1) is 14.8. The molecule has 1 aliphatic heterocycles. The largest absolute Gasteiger partial charge is 0.359 e. The fourth-order valence-electron chi connectivity index (χ4n) is 1.85. The van der Waals surface area contributed by atoms with Gasteiger partial charge in [-0.15, -0.1) is 0 Å². The van der Waals surface area contributed by atoms with Crippen LogP contribution in [0.1, 0.15) is 40.5 Å². The second-order valence-electron chi connectivity index (χ2n) is 4.90. The number of nitrogens with one attached hydrogen (secondary N) is 1. The zero-order valence-electron chi connectivity index (χ0n) is 11.8. The average molecular weight is 257 g/mol. The molecule has 1 fully saturated rings. The van der Waals surface area contributed by atoms with E-state index in [1.807, 2.05) is 11.8 Å². The topological polar surface area (TPSA) is 27.6 Å². The zero-order chi connectivity index (χ0) is 12.7. The Bertz CT molecular complexity index is 251. The molecule has 0 saturated carbocycles. The molecule has 0 spiro atoms. The van der Waals surface area contributed by atoms with E-state index in [4.69, 9.17) is 0 Å². The molecule has 17 heavy (non-hydrogen) atoms. The van der Waals surface area contributed by atoms with Gasteiger partial charge in [-0.3, -0.25) is 4.99 Å². The van der Waals surface area contributed by atoms with E-state index in [0.29, 0.717) is 0 Å². The molecule has 0 amide bonds. The van der Waals surface area contributed by atoms with Crippen molar-refractivity contribution in [2.24, 2.45) is 4.99 Å². The SMILES string of the molecule is CCN(CC)CCCN=C1NC(C)(CC)CS1. The number of nitrogens with zero attached hydrogens (tertiary/aromatic N) is 2. The van der Waals surface area contributed by atoms with E-state index in [1.165, 1.54) is 13.0 Å². The first-order chi connectivity index (χ1) is 8.13. The number of amidine groups is 1. The Hall–Kier alpha value is -0.220. The zero-order valence-corrected chi connectivity index (χ0v) is 12.6. The lowest BCUT2D eigenvalue weighted by atomic mass is 10.0. The van der Waals surface area contributed by atoms with E-state index in [2.05, 4.69) is 42.9 Å². The molecule has 0 radical (unpaired) electrons. The van der Waals surface area contributed by atoms with Crippen LogP contribution in [0.2, 0.25) is 0 Å². The van der Waals surface area contributed by atoms with Gasteiger partial charge in [0, 0.05) is 17.8 Å². The van der Waals surface area contributed by atoms with Gasteiger partial charge in [-0.05, 0) is 39.4 Å². The normalized spacial score (nSPS) is 26.8. The van der Waals surface area contributed by atoms with E-state index in [-0.39, 0.29) is 5.54 Å². The molecule has 3 nitrogen and oxygen atoms in total. The Morgan fingerprint density at radius 2 is 2.06 bits per heavy atom. The summed E-state index contributed by atoms with van der Waals surface area (Å²) in [5.74, 6) is 1.15. The summed E-state index contributed by atoms with van der Waals surface area (Å²) in [6.45, 7) is 13.4. The van der Waals surface area contributed by atoms with Crippen LogP contribution in [0, 0.1) is 0 Å². The molecular weight excluding hydrogens is 230 g/mol. The van der Waals surface area contributed by atoms with E-state index in [1.54, 1.807) is 0 Å². The van der Waals surface area contributed by atoms with Crippen LogP contribution in [0.3, 0.4) is 0 Å². The highest BCUT2D eigenvalue weighted by atomic mass is 32.2. The summed E-state index contributed by atoms with van der Waals surface area (Å²) >= 11 is 1.87. The number of hydrogen-bond acceptors (Lipinski definition) is 3. The predicted molar refractivity (Wildman–Crippen MR) is 79.0 cm³/mol. The molecule has 1 unspecified atom stereocenters. The van der Waals surface area contributed by atoms with Crippen molar-refractivity contribution in [3.8, 4) is 0 Å². The van der Waals surface area contributed by atoms with Gasteiger partial charge in [0.15, 0.2) is 5.17 Å². The summed E-state index contributed by atoms with van der Waals surface area (Å²) in [5.41, 5.74) is 0.266. The van der Waals surface area contributed by atoms with Crippen molar-refractivity contribution in [2.75, 3.05) is 31.9 Å². The third-order valence-corrected chi connectivity index (χ3v) is 4.78. The van der Waals surface area contributed by atoms with Crippen molar-refractivity contribution < 1.29 is 0 Å². The van der Waals surface area contributed by atoms with Gasteiger partial charge in [-0.1, -0.05) is 32.5 Å².